The van der Waals surface area contributed by atoms with Crippen molar-refractivity contribution >= 4 is 41.4 Å². The van der Waals surface area contributed by atoms with Gasteiger partial charge in [0.25, 0.3) is 0 Å². The summed E-state index contributed by atoms with van der Waals surface area (Å²) in [7, 11) is 0. The molecule has 1 heterocycles. The van der Waals surface area contributed by atoms with E-state index >= 15 is 0 Å². The molecule has 1 amide bonds. The Balaban J connectivity index is 2.29. The van der Waals surface area contributed by atoms with Gasteiger partial charge >= 0.3 is 23.9 Å². The number of carbonyl (C=O) groups excluding carboxylic acids is 5. The number of nitrogens with one attached hydrogen (secondary N) is 1. The highest BCUT2D eigenvalue weighted by Gasteiger charge is 2.52. The van der Waals surface area contributed by atoms with Gasteiger partial charge in [0.1, 0.15) is 24.5 Å². The monoisotopic (exact) mass is 529 g/mol. The molecule has 1 saturated heterocycles. The van der Waals surface area contributed by atoms with Crippen molar-refractivity contribution < 1.29 is 52.4 Å². The smallest absolute Gasteiger partial charge is 0.346 e. The maximum absolute atomic E-state index is 12.6. The summed E-state index contributed by atoms with van der Waals surface area (Å²) in [5, 5.41) is 2.99. The van der Waals surface area contributed by atoms with Gasteiger partial charge in [0, 0.05) is 32.7 Å². The Bertz CT molecular complexity index is 998. The third kappa shape index (κ3) is 8.68. The Morgan fingerprint density at radius 3 is 2.14 bits per heavy atom. The second-order valence-corrected chi connectivity index (χ2v) is 8.34. The maximum atomic E-state index is 12.6. The minimum atomic E-state index is -1.52. The molecule has 36 heavy (non-hydrogen) atoms. The molecule has 0 saturated carbocycles. The Morgan fingerprint density at radius 2 is 1.58 bits per heavy atom. The van der Waals surface area contributed by atoms with E-state index in [-0.39, 0.29) is 0 Å². The van der Waals surface area contributed by atoms with Crippen molar-refractivity contribution in [3.05, 3.63) is 28.8 Å². The minimum Gasteiger partial charge on any atom is -0.482 e. The number of amides is 1. The molecule has 198 valence electrons. The molecule has 13 heteroatoms. The maximum Gasteiger partial charge on any atom is 0.346 e. The van der Waals surface area contributed by atoms with E-state index < -0.39 is 73.6 Å². The van der Waals surface area contributed by atoms with Crippen molar-refractivity contribution in [3.8, 4) is 5.75 Å². The van der Waals surface area contributed by atoms with Crippen molar-refractivity contribution in [2.24, 2.45) is 0 Å². The van der Waals surface area contributed by atoms with Crippen LogP contribution in [0.1, 0.15) is 33.3 Å². The lowest BCUT2D eigenvalue weighted by Crippen LogP contribution is -2.66. The van der Waals surface area contributed by atoms with E-state index in [1.807, 2.05) is 0 Å². The number of carbonyl (C=O) groups is 5. The zero-order valence-electron chi connectivity index (χ0n) is 20.4. The molecule has 1 aromatic rings. The zero-order valence-corrected chi connectivity index (χ0v) is 21.2. The van der Waals surface area contributed by atoms with Gasteiger partial charge in [-0.15, -0.1) is 0 Å². The van der Waals surface area contributed by atoms with Gasteiger partial charge in [-0.05, 0) is 30.7 Å². The molecule has 0 unspecified atom stereocenters. The molecular formula is C23H28ClNO11. The average Bonchev–Trinajstić information content (AvgIpc) is 2.75. The first-order valence-electron chi connectivity index (χ1n) is 10.9. The summed E-state index contributed by atoms with van der Waals surface area (Å²) in [6.45, 7) is 5.34. The third-order valence-electron chi connectivity index (χ3n) is 4.80. The van der Waals surface area contributed by atoms with Gasteiger partial charge in [0.05, 0.1) is 0 Å². The van der Waals surface area contributed by atoms with Gasteiger partial charge in [-0.1, -0.05) is 11.6 Å². The van der Waals surface area contributed by atoms with Crippen LogP contribution in [0.5, 0.6) is 5.75 Å². The minimum absolute atomic E-state index is 0.389. The molecule has 0 aliphatic carbocycles. The van der Waals surface area contributed by atoms with E-state index in [1.165, 1.54) is 6.92 Å². The summed E-state index contributed by atoms with van der Waals surface area (Å²) < 4.78 is 32.2. The van der Waals surface area contributed by atoms with Gasteiger partial charge in [-0.3, -0.25) is 19.2 Å². The van der Waals surface area contributed by atoms with E-state index in [1.54, 1.807) is 25.1 Å². The standard InChI is InChI=1S/C23H28ClNO11/c1-11-8-16(24)6-7-17(11)32-10-19(30)36-23-20(25-12(2)26)22(34-15(5)29)21(33-14(4)28)18(35-23)9-31-13(3)27/h6-8,18,20-23H,9-10H2,1-5H3,(H,25,26)/t18-,20+,21+,22+,23+/m1/s1. The second-order valence-electron chi connectivity index (χ2n) is 7.91. The predicted octanol–water partition coefficient (Wildman–Crippen LogP) is 1.23. The third-order valence-corrected chi connectivity index (χ3v) is 5.04. The van der Waals surface area contributed by atoms with Crippen molar-refractivity contribution in [2.45, 2.75) is 65.3 Å². The van der Waals surface area contributed by atoms with Crippen molar-refractivity contribution in [1.29, 1.82) is 0 Å². The van der Waals surface area contributed by atoms with Gasteiger partial charge < -0.3 is 33.7 Å². The van der Waals surface area contributed by atoms with Crippen LogP contribution in [0.25, 0.3) is 0 Å². The van der Waals surface area contributed by atoms with Crippen LogP contribution in [-0.4, -0.2) is 73.6 Å². The molecule has 1 aromatic carbocycles. The lowest BCUT2D eigenvalue weighted by molar-refractivity contribution is -0.272. The van der Waals surface area contributed by atoms with Crippen LogP contribution in [0.4, 0.5) is 0 Å². The fourth-order valence-electron chi connectivity index (χ4n) is 3.47. The predicted molar refractivity (Wildman–Crippen MR) is 122 cm³/mol. The largest absolute Gasteiger partial charge is 0.482 e. The van der Waals surface area contributed by atoms with Crippen LogP contribution in [0.3, 0.4) is 0 Å². The highest BCUT2D eigenvalue weighted by atomic mass is 35.5. The number of hydrogen-bond donors (Lipinski definition) is 1. The van der Waals surface area contributed by atoms with Crippen LogP contribution in [-0.2, 0) is 47.7 Å². The number of benzene rings is 1. The molecule has 0 spiro atoms. The van der Waals surface area contributed by atoms with Crippen LogP contribution in [0.15, 0.2) is 18.2 Å². The van der Waals surface area contributed by atoms with Crippen LogP contribution >= 0.6 is 11.6 Å². The molecule has 2 rings (SSSR count). The van der Waals surface area contributed by atoms with Crippen LogP contribution in [0, 0.1) is 6.92 Å². The molecule has 0 aromatic heterocycles. The van der Waals surface area contributed by atoms with Gasteiger partial charge in [-0.25, -0.2) is 4.79 Å². The first-order valence-corrected chi connectivity index (χ1v) is 11.2. The molecule has 0 radical (unpaired) electrons. The Hall–Kier alpha value is -3.38. The molecular weight excluding hydrogens is 502 g/mol. The number of hydrogen-bond acceptors (Lipinski definition) is 11. The molecule has 1 aliphatic heterocycles. The lowest BCUT2D eigenvalue weighted by atomic mass is 9.96. The fraction of sp³-hybridized carbons (Fsp3) is 0.522. The van der Waals surface area contributed by atoms with E-state index in [0.717, 1.165) is 20.8 Å². The summed E-state index contributed by atoms with van der Waals surface area (Å²) in [4.78, 5) is 59.5. The molecule has 5 atom stereocenters. The molecule has 1 fully saturated rings. The number of ether oxygens (including phenoxy) is 6. The van der Waals surface area contributed by atoms with Crippen molar-refractivity contribution in [2.75, 3.05) is 13.2 Å². The van der Waals surface area contributed by atoms with Crippen molar-refractivity contribution in [3.63, 3.8) is 0 Å². The number of rotatable bonds is 9. The Morgan fingerprint density at radius 1 is 0.944 bits per heavy atom. The normalized spacial score (nSPS) is 23.1. The summed E-state index contributed by atoms with van der Waals surface area (Å²) in [5.74, 6) is -3.25. The molecule has 0 bridgehead atoms. The summed E-state index contributed by atoms with van der Waals surface area (Å²) in [6.07, 6.45) is -5.37. The van der Waals surface area contributed by atoms with E-state index in [4.69, 9.17) is 40.0 Å². The highest BCUT2D eigenvalue weighted by molar-refractivity contribution is 6.30. The lowest BCUT2D eigenvalue weighted by Gasteiger charge is -2.44. The SMILES string of the molecule is CC(=O)N[C@@H]1[C@H](OC(=O)COc2ccc(Cl)cc2C)O[C@H](COC(C)=O)[C@H](OC(C)=O)[C@H]1OC(C)=O. The Kier molecular flexibility index (Phi) is 10.5. The van der Waals surface area contributed by atoms with Crippen molar-refractivity contribution in [1.82, 2.24) is 5.32 Å². The average molecular weight is 530 g/mol. The summed E-state index contributed by atoms with van der Waals surface area (Å²) in [5.41, 5.74) is 0.681. The number of esters is 4. The van der Waals surface area contributed by atoms with Crippen LogP contribution in [0.2, 0.25) is 5.02 Å². The van der Waals surface area contributed by atoms with E-state index in [0.29, 0.717) is 16.3 Å². The van der Waals surface area contributed by atoms with Gasteiger partial charge in [-0.2, -0.15) is 0 Å². The molecule has 1 aliphatic rings. The van der Waals surface area contributed by atoms with Gasteiger partial charge in [0.15, 0.2) is 18.8 Å². The second kappa shape index (κ2) is 13.1. The molecule has 12 nitrogen and oxygen atoms in total. The first kappa shape index (κ1) is 28.9. The van der Waals surface area contributed by atoms with E-state index in [2.05, 4.69) is 5.32 Å². The topological polar surface area (TPSA) is 153 Å². The van der Waals surface area contributed by atoms with Gasteiger partial charge in [0.2, 0.25) is 12.2 Å². The number of halogens is 1. The highest BCUT2D eigenvalue weighted by Crippen LogP contribution is 2.28. The van der Waals surface area contributed by atoms with Crippen LogP contribution < -0.4 is 10.1 Å². The fourth-order valence-corrected chi connectivity index (χ4v) is 3.69. The number of aryl methyl sites for hydroxylation is 1. The quantitative estimate of drug-likeness (QED) is 0.363. The first-order chi connectivity index (χ1) is 16.9. The van der Waals surface area contributed by atoms with E-state index in [9.17, 15) is 24.0 Å². The summed E-state index contributed by atoms with van der Waals surface area (Å²) >= 11 is 5.92. The Labute approximate surface area is 212 Å². The summed E-state index contributed by atoms with van der Waals surface area (Å²) in [6, 6.07) is 3.55. The zero-order chi connectivity index (χ0) is 27.0. The molecule has 1 N–H and O–H groups in total.